The van der Waals surface area contributed by atoms with Crippen LogP contribution in [0, 0.1) is 0 Å². The SMILES string of the molecule is C=CCC(NC(=O)[C@@H]1C[C@@H]2CN1C(=O)[C@H](CCCC)NC(=O)OCCCCC/C=C/c1ccc3c(c1)C(=CC(c1ccccc1)N3)O2)C(=O)O. The lowest BCUT2D eigenvalue weighted by Crippen LogP contribution is -2.55. The van der Waals surface area contributed by atoms with Gasteiger partial charge >= 0.3 is 12.1 Å². The van der Waals surface area contributed by atoms with Crippen LogP contribution in [0.3, 0.4) is 0 Å². The minimum atomic E-state index is -1.21. The second-order valence-electron chi connectivity index (χ2n) is 13.0. The third-order valence-electron chi connectivity index (χ3n) is 9.25. The number of fused-ring (bicyclic) bond motifs is 3. The number of nitrogens with zero attached hydrogens (tertiary/aromatic N) is 1. The van der Waals surface area contributed by atoms with Gasteiger partial charge in [0.15, 0.2) is 0 Å². The lowest BCUT2D eigenvalue weighted by atomic mass is 9.96. The zero-order chi connectivity index (χ0) is 35.5. The van der Waals surface area contributed by atoms with Crippen molar-refractivity contribution in [3.8, 4) is 0 Å². The molecule has 50 heavy (non-hydrogen) atoms. The maximum Gasteiger partial charge on any atom is 0.407 e. The fourth-order valence-electron chi connectivity index (χ4n) is 6.57. The molecule has 3 heterocycles. The molecule has 2 aromatic rings. The highest BCUT2D eigenvalue weighted by molar-refractivity contribution is 5.93. The summed E-state index contributed by atoms with van der Waals surface area (Å²) in [5.41, 5.74) is 3.81. The predicted molar refractivity (Wildman–Crippen MR) is 192 cm³/mol. The standard InChI is InChI=1S/C39H48N4O7/c1-3-5-18-31-37(45)43-25-28(23-34(43)36(44)41-32(14-4-2)38(46)47)50-35-24-33(27-16-11-9-12-17-27)40-30-20-19-26(22-29(30)35)15-10-7-6-8-13-21-49-39(48)42-31/h4,9-12,15-17,19-20,22,24,28,31-34,40H,2-3,5-8,13-14,18,21,23,25H2,1H3,(H,41,44)(H,42,48)(H,46,47)/b15-10+/t28-,31+,32?,33?,34+/m1/s1. The first-order valence-corrected chi connectivity index (χ1v) is 17.7. The van der Waals surface area contributed by atoms with Gasteiger partial charge in [0.2, 0.25) is 11.8 Å². The average molecular weight is 685 g/mol. The number of nitrogens with one attached hydrogen (secondary N) is 3. The molecule has 1 saturated heterocycles. The third kappa shape index (κ3) is 9.34. The molecule has 0 aliphatic carbocycles. The summed E-state index contributed by atoms with van der Waals surface area (Å²) in [5, 5.41) is 18.7. The van der Waals surface area contributed by atoms with E-state index in [1.807, 2.05) is 49.4 Å². The van der Waals surface area contributed by atoms with Gasteiger partial charge in [-0.2, -0.15) is 0 Å². The molecule has 3 aliphatic rings. The van der Waals surface area contributed by atoms with E-state index in [0.29, 0.717) is 25.0 Å². The molecule has 0 spiro atoms. The Hall–Kier alpha value is -5.06. The Morgan fingerprint density at radius 3 is 2.70 bits per heavy atom. The Morgan fingerprint density at radius 1 is 1.12 bits per heavy atom. The van der Waals surface area contributed by atoms with Crippen LogP contribution in [0.4, 0.5) is 10.5 Å². The van der Waals surface area contributed by atoms with Crippen LogP contribution in [-0.4, -0.2) is 71.3 Å². The Bertz CT molecular complexity index is 1590. The monoisotopic (exact) mass is 684 g/mol. The maximum atomic E-state index is 14.2. The van der Waals surface area contributed by atoms with E-state index in [1.165, 1.54) is 11.0 Å². The minimum Gasteiger partial charge on any atom is -0.488 e. The molecule has 4 N–H and O–H groups in total. The zero-order valence-corrected chi connectivity index (χ0v) is 28.6. The summed E-state index contributed by atoms with van der Waals surface area (Å²) in [5.74, 6) is -1.64. The number of rotatable bonds is 9. The molecule has 5 rings (SSSR count). The van der Waals surface area contributed by atoms with E-state index < -0.39 is 48.1 Å². The van der Waals surface area contributed by atoms with Crippen LogP contribution < -0.4 is 16.0 Å². The van der Waals surface area contributed by atoms with Gasteiger partial charge in [-0.3, -0.25) is 9.59 Å². The van der Waals surface area contributed by atoms with E-state index in [0.717, 1.165) is 48.1 Å². The molecule has 2 aromatic carbocycles. The number of aliphatic carboxylic acids is 1. The zero-order valence-electron chi connectivity index (χ0n) is 28.6. The topological polar surface area (TPSA) is 146 Å². The highest BCUT2D eigenvalue weighted by Gasteiger charge is 2.44. The van der Waals surface area contributed by atoms with E-state index in [-0.39, 0.29) is 32.0 Å². The summed E-state index contributed by atoms with van der Waals surface area (Å²) in [6, 6.07) is 12.8. The Balaban J connectivity index is 1.51. The number of carbonyl (C=O) groups is 4. The van der Waals surface area contributed by atoms with Gasteiger partial charge in [-0.15, -0.1) is 6.58 Å². The number of carboxylic acids is 1. The van der Waals surface area contributed by atoms with Gasteiger partial charge in [-0.25, -0.2) is 9.59 Å². The average Bonchev–Trinajstić information content (AvgIpc) is 3.54. The molecule has 0 radical (unpaired) electrons. The van der Waals surface area contributed by atoms with Crippen LogP contribution in [0.2, 0.25) is 0 Å². The van der Waals surface area contributed by atoms with E-state index >= 15 is 0 Å². The second kappa shape index (κ2) is 17.6. The van der Waals surface area contributed by atoms with Crippen LogP contribution >= 0.6 is 0 Å². The number of amides is 3. The van der Waals surface area contributed by atoms with E-state index in [4.69, 9.17) is 9.47 Å². The minimum absolute atomic E-state index is 0.0164. The highest BCUT2D eigenvalue weighted by atomic mass is 16.5. The number of carboxylic acid groups (broad SMARTS) is 1. The van der Waals surface area contributed by atoms with Gasteiger partial charge < -0.3 is 35.4 Å². The predicted octanol–water partition coefficient (Wildman–Crippen LogP) is 6.20. The number of hydrogen-bond donors (Lipinski definition) is 4. The number of alkyl carbamates (subject to hydrolysis) is 1. The van der Waals surface area contributed by atoms with Gasteiger partial charge in [-0.1, -0.05) is 74.4 Å². The number of ether oxygens (including phenoxy) is 2. The molecule has 266 valence electrons. The molecule has 0 saturated carbocycles. The summed E-state index contributed by atoms with van der Waals surface area (Å²) in [4.78, 5) is 54.2. The van der Waals surface area contributed by atoms with Gasteiger partial charge in [0, 0.05) is 17.7 Å². The summed E-state index contributed by atoms with van der Waals surface area (Å²) >= 11 is 0. The Kier molecular flexibility index (Phi) is 12.7. The van der Waals surface area contributed by atoms with Crippen molar-refractivity contribution < 1.29 is 33.8 Å². The number of carbonyl (C=O) groups excluding carboxylic acids is 3. The van der Waals surface area contributed by atoms with Crippen LogP contribution in [0.15, 0.2) is 73.3 Å². The van der Waals surface area contributed by atoms with Crippen molar-refractivity contribution >= 4 is 41.4 Å². The van der Waals surface area contributed by atoms with E-state index in [1.54, 1.807) is 0 Å². The molecule has 5 atom stereocenters. The van der Waals surface area contributed by atoms with Crippen molar-refractivity contribution in [1.82, 2.24) is 15.5 Å². The first-order chi connectivity index (χ1) is 24.3. The number of benzene rings is 2. The quantitative estimate of drug-likeness (QED) is 0.229. The Labute approximate surface area is 293 Å². The maximum absolute atomic E-state index is 14.2. The van der Waals surface area contributed by atoms with Crippen LogP contribution in [0.25, 0.3) is 11.8 Å². The molecule has 1 fully saturated rings. The molecular formula is C39H48N4O7. The van der Waals surface area contributed by atoms with Crippen molar-refractivity contribution in [3.63, 3.8) is 0 Å². The van der Waals surface area contributed by atoms with Gasteiger partial charge in [0.1, 0.15) is 30.0 Å². The molecule has 2 unspecified atom stereocenters. The first kappa shape index (κ1) is 36.2. The van der Waals surface area contributed by atoms with Crippen LogP contribution in [0.5, 0.6) is 0 Å². The molecule has 4 bridgehead atoms. The normalized spacial score (nSPS) is 23.9. The number of unbranched alkanes of at least 4 members (excludes halogenated alkanes) is 1. The largest absolute Gasteiger partial charge is 0.488 e. The number of allylic oxidation sites excluding steroid dienone is 1. The second-order valence-corrected chi connectivity index (χ2v) is 13.0. The van der Waals surface area contributed by atoms with Crippen LogP contribution in [-0.2, 0) is 23.9 Å². The van der Waals surface area contributed by atoms with E-state index in [2.05, 4.69) is 46.8 Å². The summed E-state index contributed by atoms with van der Waals surface area (Å²) < 4.78 is 12.2. The van der Waals surface area contributed by atoms with Gasteiger partial charge in [-0.05, 0) is 67.9 Å². The fraction of sp³-hybridized carbons (Fsp3) is 0.436. The molecule has 0 aromatic heterocycles. The molecular weight excluding hydrogens is 636 g/mol. The Morgan fingerprint density at radius 2 is 1.94 bits per heavy atom. The summed E-state index contributed by atoms with van der Waals surface area (Å²) in [6.45, 7) is 5.89. The molecule has 3 amide bonds. The van der Waals surface area contributed by atoms with Gasteiger partial charge in [0.05, 0.1) is 19.2 Å². The third-order valence-corrected chi connectivity index (χ3v) is 9.25. The van der Waals surface area contributed by atoms with Crippen molar-refractivity contribution in [1.29, 1.82) is 0 Å². The smallest absolute Gasteiger partial charge is 0.407 e. The summed E-state index contributed by atoms with van der Waals surface area (Å²) in [7, 11) is 0. The number of anilines is 1. The first-order valence-electron chi connectivity index (χ1n) is 17.7. The lowest BCUT2D eigenvalue weighted by Gasteiger charge is -2.29. The summed E-state index contributed by atoms with van der Waals surface area (Å²) in [6.07, 6.45) is 11.7. The van der Waals surface area contributed by atoms with Crippen LogP contribution in [0.1, 0.15) is 87.4 Å². The van der Waals surface area contributed by atoms with Crippen molar-refractivity contribution in [2.45, 2.75) is 95.0 Å². The molecule has 3 aliphatic heterocycles. The molecule has 11 nitrogen and oxygen atoms in total. The fourth-order valence-corrected chi connectivity index (χ4v) is 6.57. The lowest BCUT2D eigenvalue weighted by molar-refractivity contribution is -0.144. The number of cyclic esters (lactones) is 1. The van der Waals surface area contributed by atoms with Crippen molar-refractivity contribution in [2.24, 2.45) is 0 Å². The highest BCUT2D eigenvalue weighted by Crippen LogP contribution is 2.39. The van der Waals surface area contributed by atoms with Crippen molar-refractivity contribution in [2.75, 3.05) is 18.5 Å². The molecule has 11 heteroatoms. The number of hydrogen-bond acceptors (Lipinski definition) is 7. The van der Waals surface area contributed by atoms with Crippen molar-refractivity contribution in [3.05, 3.63) is 90.0 Å². The van der Waals surface area contributed by atoms with E-state index in [9.17, 15) is 24.3 Å². The van der Waals surface area contributed by atoms with Gasteiger partial charge in [0.25, 0.3) is 0 Å².